The molecule has 0 aromatic heterocycles. The molecule has 0 spiro atoms. The predicted molar refractivity (Wildman–Crippen MR) is 52.3 cm³/mol. The molecule has 15 heavy (non-hydrogen) atoms. The molecule has 4 heteroatoms. The molecule has 1 atom stereocenters. The Morgan fingerprint density at radius 1 is 1.27 bits per heavy atom. The lowest BCUT2D eigenvalue weighted by Gasteiger charge is -2.11. The van der Waals surface area contributed by atoms with Crippen molar-refractivity contribution in [2.45, 2.75) is 13.8 Å². The fourth-order valence-corrected chi connectivity index (χ4v) is 2.08. The maximum absolute atomic E-state index is 11.8. The third-order valence-electron chi connectivity index (χ3n) is 3.10. The summed E-state index contributed by atoms with van der Waals surface area (Å²) in [5.74, 6) is -1.17. The maximum Gasteiger partial charge on any atom is 0.258 e. The number of hydrogen-bond acceptors (Lipinski definition) is 3. The highest BCUT2D eigenvalue weighted by Gasteiger charge is 2.45. The number of hydrogen-bond donors (Lipinski definition) is 0. The Balaban J connectivity index is 2.69. The van der Waals surface area contributed by atoms with Crippen LogP contribution in [0.25, 0.3) is 0 Å². The molecule has 1 aliphatic heterocycles. The fourth-order valence-electron chi connectivity index (χ4n) is 2.08. The van der Waals surface area contributed by atoms with Gasteiger partial charge in [-0.05, 0) is 19.4 Å². The molecule has 0 fully saturated rings. The predicted octanol–water partition coefficient (Wildman–Crippen LogP) is 0.771. The van der Waals surface area contributed by atoms with Crippen molar-refractivity contribution in [3.63, 3.8) is 0 Å². The second-order valence-electron chi connectivity index (χ2n) is 3.81. The smallest absolute Gasteiger partial charge is 0.258 e. The summed E-state index contributed by atoms with van der Waals surface area (Å²) in [6.07, 6.45) is 0. The van der Waals surface area contributed by atoms with Gasteiger partial charge in [-0.15, -0.1) is 0 Å². The molecule has 0 radical (unpaired) electrons. The van der Waals surface area contributed by atoms with Gasteiger partial charge in [0.25, 0.3) is 5.91 Å². The van der Waals surface area contributed by atoms with Gasteiger partial charge in [0.1, 0.15) is 5.92 Å². The van der Waals surface area contributed by atoms with E-state index in [0.717, 1.165) is 0 Å². The van der Waals surface area contributed by atoms with Crippen LogP contribution in [-0.2, 0) is 9.59 Å². The van der Waals surface area contributed by atoms with Crippen molar-refractivity contribution in [1.82, 2.24) is 4.90 Å². The maximum atomic E-state index is 11.8. The Bertz CT molecular complexity index is 491. The highest BCUT2D eigenvalue weighted by Crippen LogP contribution is 2.40. The van der Waals surface area contributed by atoms with Crippen LogP contribution in [0.15, 0.2) is 22.4 Å². The van der Waals surface area contributed by atoms with E-state index in [0.29, 0.717) is 22.4 Å². The number of carbonyl (C=O) groups excluding carboxylic acids is 2. The van der Waals surface area contributed by atoms with Gasteiger partial charge in [0, 0.05) is 12.7 Å². The van der Waals surface area contributed by atoms with Crippen molar-refractivity contribution in [2.75, 3.05) is 7.05 Å². The lowest BCUT2D eigenvalue weighted by molar-refractivity contribution is -0.123. The first-order chi connectivity index (χ1) is 7.00. The molecule has 1 aliphatic carbocycles. The largest absolute Gasteiger partial charge is 0.315 e. The van der Waals surface area contributed by atoms with E-state index in [4.69, 9.17) is 5.26 Å². The number of rotatable bonds is 0. The molecule has 1 heterocycles. The highest BCUT2D eigenvalue weighted by molar-refractivity contribution is 6.21. The SMILES string of the molecule is CC1=C2C(=O)N(C)C(C)=C2C(=O)C1C#N. The lowest BCUT2D eigenvalue weighted by atomic mass is 10.0. The number of ketones is 1. The van der Waals surface area contributed by atoms with Crippen LogP contribution in [0.5, 0.6) is 0 Å². The Morgan fingerprint density at radius 3 is 2.33 bits per heavy atom. The highest BCUT2D eigenvalue weighted by atomic mass is 16.2. The number of amides is 1. The molecular weight excluding hydrogens is 192 g/mol. The summed E-state index contributed by atoms with van der Waals surface area (Å²) < 4.78 is 0. The van der Waals surface area contributed by atoms with Crippen LogP contribution in [0.4, 0.5) is 0 Å². The van der Waals surface area contributed by atoms with E-state index in [9.17, 15) is 9.59 Å². The molecule has 0 aromatic rings. The van der Waals surface area contributed by atoms with Gasteiger partial charge in [-0.25, -0.2) is 0 Å². The first-order valence-electron chi connectivity index (χ1n) is 4.64. The second kappa shape index (κ2) is 2.80. The van der Waals surface area contributed by atoms with Crippen molar-refractivity contribution in [3.05, 3.63) is 22.4 Å². The van der Waals surface area contributed by atoms with Crippen LogP contribution in [-0.4, -0.2) is 23.6 Å². The van der Waals surface area contributed by atoms with Crippen LogP contribution >= 0.6 is 0 Å². The zero-order valence-electron chi connectivity index (χ0n) is 8.79. The minimum Gasteiger partial charge on any atom is -0.315 e. The zero-order valence-corrected chi connectivity index (χ0v) is 8.79. The van der Waals surface area contributed by atoms with Gasteiger partial charge in [-0.2, -0.15) is 5.26 Å². The Labute approximate surface area is 87.5 Å². The topological polar surface area (TPSA) is 61.2 Å². The van der Waals surface area contributed by atoms with Gasteiger partial charge < -0.3 is 4.90 Å². The first kappa shape index (κ1) is 9.66. The van der Waals surface area contributed by atoms with E-state index in [-0.39, 0.29) is 11.7 Å². The number of carbonyl (C=O) groups is 2. The van der Waals surface area contributed by atoms with Crippen molar-refractivity contribution in [1.29, 1.82) is 5.26 Å². The third kappa shape index (κ3) is 0.949. The van der Waals surface area contributed by atoms with E-state index in [1.807, 2.05) is 6.07 Å². The van der Waals surface area contributed by atoms with Crippen LogP contribution in [0.3, 0.4) is 0 Å². The van der Waals surface area contributed by atoms with Crippen LogP contribution in [0.2, 0.25) is 0 Å². The van der Waals surface area contributed by atoms with E-state index in [2.05, 4.69) is 0 Å². The van der Waals surface area contributed by atoms with Gasteiger partial charge in [-0.3, -0.25) is 9.59 Å². The monoisotopic (exact) mass is 202 g/mol. The summed E-state index contributed by atoms with van der Waals surface area (Å²) >= 11 is 0. The standard InChI is InChI=1S/C11H10N2O2/c1-5-7(4-12)10(14)9-6(2)13(3)11(15)8(5)9/h7H,1-3H3. The Hall–Kier alpha value is -1.89. The van der Waals surface area contributed by atoms with Crippen molar-refractivity contribution >= 4 is 11.7 Å². The molecule has 0 aromatic carbocycles. The summed E-state index contributed by atoms with van der Waals surface area (Å²) in [5.41, 5.74) is 2.11. The van der Waals surface area contributed by atoms with E-state index in [1.54, 1.807) is 20.9 Å². The molecular formula is C11H10N2O2. The minimum atomic E-state index is -0.761. The van der Waals surface area contributed by atoms with Crippen molar-refractivity contribution in [2.24, 2.45) is 5.92 Å². The average molecular weight is 202 g/mol. The molecule has 76 valence electrons. The Morgan fingerprint density at radius 2 is 1.87 bits per heavy atom. The minimum absolute atomic E-state index is 0.175. The summed E-state index contributed by atoms with van der Waals surface area (Å²) in [4.78, 5) is 25.1. The summed E-state index contributed by atoms with van der Waals surface area (Å²) in [5, 5.41) is 8.85. The summed E-state index contributed by atoms with van der Waals surface area (Å²) in [7, 11) is 1.64. The second-order valence-corrected chi connectivity index (χ2v) is 3.81. The van der Waals surface area contributed by atoms with Gasteiger partial charge in [0.05, 0.1) is 17.2 Å². The number of fused-ring (bicyclic) bond motifs is 1. The lowest BCUT2D eigenvalue weighted by Crippen LogP contribution is -2.21. The molecule has 1 amide bonds. The first-order valence-corrected chi connectivity index (χ1v) is 4.64. The molecule has 1 unspecified atom stereocenters. The molecule has 0 N–H and O–H groups in total. The molecule has 2 rings (SSSR count). The number of likely N-dealkylation sites (N-methyl/N-ethyl adjacent to an activating group) is 1. The molecule has 0 saturated heterocycles. The average Bonchev–Trinajstić information content (AvgIpc) is 2.58. The third-order valence-corrected chi connectivity index (χ3v) is 3.10. The van der Waals surface area contributed by atoms with E-state index in [1.165, 1.54) is 4.90 Å². The Kier molecular flexibility index (Phi) is 1.80. The number of Topliss-reactive ketones (excluding diaryl/α,β-unsaturated/α-hetero) is 1. The molecule has 0 bridgehead atoms. The fraction of sp³-hybridized carbons (Fsp3) is 0.364. The van der Waals surface area contributed by atoms with Crippen LogP contribution < -0.4 is 0 Å². The quantitative estimate of drug-likeness (QED) is 0.583. The van der Waals surface area contributed by atoms with Crippen LogP contribution in [0.1, 0.15) is 13.8 Å². The number of nitrogens with zero attached hydrogens (tertiary/aromatic N) is 2. The van der Waals surface area contributed by atoms with Gasteiger partial charge in [0.2, 0.25) is 0 Å². The summed E-state index contributed by atoms with van der Waals surface area (Å²) in [6, 6.07) is 1.94. The van der Waals surface area contributed by atoms with Crippen molar-refractivity contribution < 1.29 is 9.59 Å². The summed E-state index contributed by atoms with van der Waals surface area (Å²) in [6.45, 7) is 3.41. The molecule has 4 nitrogen and oxygen atoms in total. The molecule has 2 aliphatic rings. The van der Waals surface area contributed by atoms with E-state index >= 15 is 0 Å². The molecule has 0 saturated carbocycles. The van der Waals surface area contributed by atoms with E-state index < -0.39 is 5.92 Å². The van der Waals surface area contributed by atoms with Gasteiger partial charge in [0.15, 0.2) is 5.78 Å². The number of allylic oxidation sites excluding steroid dienone is 2. The number of nitriles is 1. The van der Waals surface area contributed by atoms with Gasteiger partial charge >= 0.3 is 0 Å². The van der Waals surface area contributed by atoms with Gasteiger partial charge in [-0.1, -0.05) is 0 Å². The van der Waals surface area contributed by atoms with Crippen LogP contribution in [0, 0.1) is 17.2 Å². The van der Waals surface area contributed by atoms with Crippen molar-refractivity contribution in [3.8, 4) is 6.07 Å². The zero-order chi connectivity index (χ0) is 11.3. The normalized spacial score (nSPS) is 25.2.